The summed E-state index contributed by atoms with van der Waals surface area (Å²) in [5, 5.41) is 5.04. The number of fused-ring (bicyclic) bond motifs is 1. The Kier molecular flexibility index (Phi) is 7.09. The second kappa shape index (κ2) is 9.74. The first kappa shape index (κ1) is 21.1. The summed E-state index contributed by atoms with van der Waals surface area (Å²) in [4.78, 5) is 21.5. The van der Waals surface area contributed by atoms with E-state index in [1.165, 1.54) is 6.08 Å². The Bertz CT molecular complexity index is 859. The lowest BCUT2D eigenvalue weighted by Gasteiger charge is -2.31. The average Bonchev–Trinajstić information content (AvgIpc) is 2.72. The number of hydrogen-bond acceptors (Lipinski definition) is 5. The topological polar surface area (TPSA) is 57.7 Å². The Balaban J connectivity index is 2.09. The lowest BCUT2D eigenvalue weighted by molar-refractivity contribution is -0.111. The smallest absolute Gasteiger partial charge is 0.247 e. The van der Waals surface area contributed by atoms with E-state index in [4.69, 9.17) is 9.72 Å². The van der Waals surface area contributed by atoms with Crippen LogP contribution in [-0.4, -0.2) is 50.3 Å². The molecular weight excluding hydrogens is 364 g/mol. The van der Waals surface area contributed by atoms with E-state index in [0.29, 0.717) is 5.92 Å². The van der Waals surface area contributed by atoms with Gasteiger partial charge in [0, 0.05) is 37.3 Å². The van der Waals surface area contributed by atoms with E-state index in [1.807, 2.05) is 12.1 Å². The number of pyridine rings is 1. The number of nitrogens with zero attached hydrogens (tertiary/aromatic N) is 3. The summed E-state index contributed by atoms with van der Waals surface area (Å²) in [6, 6.07) is 8.13. The van der Waals surface area contributed by atoms with E-state index in [-0.39, 0.29) is 5.91 Å². The van der Waals surface area contributed by atoms with Gasteiger partial charge >= 0.3 is 0 Å². The molecule has 1 N–H and O–H groups in total. The van der Waals surface area contributed by atoms with Crippen molar-refractivity contribution in [2.24, 2.45) is 5.92 Å². The van der Waals surface area contributed by atoms with Crippen LogP contribution in [0.4, 0.5) is 17.3 Å². The van der Waals surface area contributed by atoms with Gasteiger partial charge in [0.15, 0.2) is 0 Å². The van der Waals surface area contributed by atoms with Crippen molar-refractivity contribution in [2.45, 2.75) is 27.2 Å². The second-order valence-electron chi connectivity index (χ2n) is 7.87. The van der Waals surface area contributed by atoms with Gasteiger partial charge in [-0.3, -0.25) is 4.79 Å². The molecule has 3 rings (SSSR count). The first-order chi connectivity index (χ1) is 14.0. The van der Waals surface area contributed by atoms with Crippen LogP contribution in [0.3, 0.4) is 0 Å². The molecule has 0 atom stereocenters. The minimum absolute atomic E-state index is 0.209. The van der Waals surface area contributed by atoms with E-state index < -0.39 is 0 Å². The highest BCUT2D eigenvalue weighted by molar-refractivity contribution is 6.02. The highest BCUT2D eigenvalue weighted by atomic mass is 16.5. The van der Waals surface area contributed by atoms with E-state index in [2.05, 4.69) is 54.6 Å². The number of carbonyl (C=O) groups excluding carboxylic acids is 1. The lowest BCUT2D eigenvalue weighted by atomic mass is 10.1. The van der Waals surface area contributed by atoms with Gasteiger partial charge in [-0.25, -0.2) is 4.98 Å². The van der Waals surface area contributed by atoms with Gasteiger partial charge < -0.3 is 19.9 Å². The van der Waals surface area contributed by atoms with Crippen LogP contribution in [0.1, 0.15) is 27.2 Å². The average molecular weight is 397 g/mol. The molecule has 0 spiro atoms. The van der Waals surface area contributed by atoms with Gasteiger partial charge in [0.2, 0.25) is 5.91 Å². The van der Waals surface area contributed by atoms with Gasteiger partial charge in [-0.2, -0.15) is 0 Å². The van der Waals surface area contributed by atoms with E-state index >= 15 is 0 Å². The normalized spacial score (nSPS) is 14.3. The minimum atomic E-state index is -0.209. The summed E-state index contributed by atoms with van der Waals surface area (Å²) in [6.07, 6.45) is 2.35. The Labute approximate surface area is 173 Å². The van der Waals surface area contributed by atoms with Crippen LogP contribution in [0.5, 0.6) is 0 Å². The highest BCUT2D eigenvalue weighted by Crippen LogP contribution is 2.32. The van der Waals surface area contributed by atoms with Crippen molar-refractivity contribution in [1.82, 2.24) is 4.98 Å². The van der Waals surface area contributed by atoms with Crippen molar-refractivity contribution >= 4 is 34.0 Å². The molecule has 2 heterocycles. The van der Waals surface area contributed by atoms with E-state index in [0.717, 1.165) is 73.9 Å². The molecule has 0 radical (unpaired) electrons. The maximum absolute atomic E-state index is 11.7. The molecule has 1 aliphatic heterocycles. The maximum atomic E-state index is 11.7. The largest absolute Gasteiger partial charge is 0.378 e. The molecule has 1 amide bonds. The number of nitrogens with one attached hydrogen (secondary N) is 1. The molecule has 1 aliphatic rings. The van der Waals surface area contributed by atoms with Crippen molar-refractivity contribution < 1.29 is 9.53 Å². The maximum Gasteiger partial charge on any atom is 0.247 e. The molecule has 1 aromatic carbocycles. The third kappa shape index (κ3) is 5.26. The van der Waals surface area contributed by atoms with E-state index in [9.17, 15) is 4.79 Å². The van der Waals surface area contributed by atoms with Gasteiger partial charge in [-0.1, -0.05) is 27.4 Å². The summed E-state index contributed by atoms with van der Waals surface area (Å²) < 4.78 is 5.52. The second-order valence-corrected chi connectivity index (χ2v) is 7.87. The zero-order valence-electron chi connectivity index (χ0n) is 17.8. The third-order valence-corrected chi connectivity index (χ3v) is 4.96. The lowest BCUT2D eigenvalue weighted by Crippen LogP contribution is -2.37. The number of hydrogen-bond donors (Lipinski definition) is 1. The summed E-state index contributed by atoms with van der Waals surface area (Å²) in [5.41, 5.74) is 0.762. The van der Waals surface area contributed by atoms with Crippen LogP contribution in [0, 0.1) is 5.92 Å². The van der Waals surface area contributed by atoms with Crippen molar-refractivity contribution in [3.05, 3.63) is 36.9 Å². The van der Waals surface area contributed by atoms with Crippen molar-refractivity contribution in [3.8, 4) is 0 Å². The van der Waals surface area contributed by atoms with Crippen LogP contribution in [-0.2, 0) is 9.53 Å². The van der Waals surface area contributed by atoms with Crippen LogP contribution in [0.2, 0.25) is 0 Å². The highest BCUT2D eigenvalue weighted by Gasteiger charge is 2.19. The summed E-state index contributed by atoms with van der Waals surface area (Å²) in [7, 11) is 0. The summed E-state index contributed by atoms with van der Waals surface area (Å²) >= 11 is 0. The molecule has 1 saturated heterocycles. The van der Waals surface area contributed by atoms with Gasteiger partial charge in [-0.15, -0.1) is 0 Å². The fourth-order valence-electron chi connectivity index (χ4n) is 3.69. The Morgan fingerprint density at radius 3 is 2.76 bits per heavy atom. The molecule has 0 aliphatic carbocycles. The number of carbonyl (C=O) groups is 1. The fraction of sp³-hybridized carbons (Fsp3) is 0.478. The van der Waals surface area contributed by atoms with Crippen LogP contribution < -0.4 is 15.1 Å². The third-order valence-electron chi connectivity index (χ3n) is 4.96. The van der Waals surface area contributed by atoms with Crippen LogP contribution in [0.15, 0.2) is 36.9 Å². The van der Waals surface area contributed by atoms with Crippen molar-refractivity contribution in [2.75, 3.05) is 54.5 Å². The van der Waals surface area contributed by atoms with Crippen LogP contribution in [0.25, 0.3) is 10.8 Å². The molecule has 0 bridgehead atoms. The molecule has 1 fully saturated rings. The molecule has 0 saturated carbocycles. The monoisotopic (exact) mass is 396 g/mol. The molecule has 6 nitrogen and oxygen atoms in total. The van der Waals surface area contributed by atoms with Crippen LogP contribution >= 0.6 is 0 Å². The Morgan fingerprint density at radius 2 is 2.10 bits per heavy atom. The number of anilines is 3. The number of morpholine rings is 1. The van der Waals surface area contributed by atoms with E-state index in [1.54, 1.807) is 0 Å². The SMILES string of the molecule is C=CC(=O)Nc1ccc2c(N(CCC)CC(C)C)nc(N3CCOCC3)cc2c1. The predicted octanol–water partition coefficient (Wildman–Crippen LogP) is 4.07. The molecular formula is C23H32N4O2. The molecule has 1 aromatic heterocycles. The number of aromatic nitrogens is 1. The Morgan fingerprint density at radius 1 is 1.34 bits per heavy atom. The van der Waals surface area contributed by atoms with Gasteiger partial charge in [-0.05, 0) is 48.1 Å². The molecule has 2 aromatic rings. The fourth-order valence-corrected chi connectivity index (χ4v) is 3.69. The van der Waals surface area contributed by atoms with Crippen molar-refractivity contribution in [3.63, 3.8) is 0 Å². The first-order valence-electron chi connectivity index (χ1n) is 10.5. The Hall–Kier alpha value is -2.60. The molecule has 6 heteroatoms. The molecule has 29 heavy (non-hydrogen) atoms. The zero-order valence-corrected chi connectivity index (χ0v) is 17.8. The minimum Gasteiger partial charge on any atom is -0.378 e. The number of benzene rings is 1. The summed E-state index contributed by atoms with van der Waals surface area (Å²) in [6.45, 7) is 15.2. The molecule has 156 valence electrons. The van der Waals surface area contributed by atoms with Gasteiger partial charge in [0.1, 0.15) is 11.6 Å². The predicted molar refractivity (Wildman–Crippen MR) is 121 cm³/mol. The summed E-state index contributed by atoms with van der Waals surface area (Å²) in [5.74, 6) is 2.31. The number of amides is 1. The zero-order chi connectivity index (χ0) is 20.8. The number of rotatable bonds is 8. The number of ether oxygens (including phenoxy) is 1. The van der Waals surface area contributed by atoms with Gasteiger partial charge in [0.05, 0.1) is 13.2 Å². The first-order valence-corrected chi connectivity index (χ1v) is 10.5. The van der Waals surface area contributed by atoms with Gasteiger partial charge in [0.25, 0.3) is 0 Å². The molecule has 0 unspecified atom stereocenters. The van der Waals surface area contributed by atoms with Crippen molar-refractivity contribution in [1.29, 1.82) is 0 Å². The standard InChI is InChI=1S/C23H32N4O2/c1-5-9-27(16-17(3)4)23-20-8-7-19(24-22(28)6-2)14-18(20)15-21(25-23)26-10-12-29-13-11-26/h6-8,14-15,17H,2,5,9-13,16H2,1,3-4H3,(H,24,28). The quantitative estimate of drug-likeness (QED) is 0.682.